The van der Waals surface area contributed by atoms with Crippen molar-refractivity contribution in [3.8, 4) is 11.5 Å². The van der Waals surface area contributed by atoms with Crippen LogP contribution in [0.5, 0.6) is 11.5 Å². The second kappa shape index (κ2) is 9.72. The van der Waals surface area contributed by atoms with E-state index in [9.17, 15) is 9.59 Å². The monoisotopic (exact) mass is 411 g/mol. The Labute approximate surface area is 168 Å². The number of methoxy groups -OCH3 is 2. The Balaban J connectivity index is 2.06. The summed E-state index contributed by atoms with van der Waals surface area (Å²) in [6.07, 6.45) is 1.71. The molecular weight excluding hydrogens is 388 g/mol. The third-order valence-electron chi connectivity index (χ3n) is 3.73. The molecule has 0 spiro atoms. The Hall–Kier alpha value is -2.10. The molecule has 0 bridgehead atoms. The molecule has 1 aliphatic heterocycles. The van der Waals surface area contributed by atoms with Gasteiger partial charge in [-0.1, -0.05) is 30.0 Å². The van der Waals surface area contributed by atoms with Crippen molar-refractivity contribution in [2.75, 3.05) is 48.0 Å². The van der Waals surface area contributed by atoms with Gasteiger partial charge in [-0.3, -0.25) is 14.5 Å². The number of carbonyl (C=O) groups is 2. The summed E-state index contributed by atoms with van der Waals surface area (Å²) in [4.78, 5) is 27.4. The lowest BCUT2D eigenvalue weighted by Crippen LogP contribution is -3.06. The third-order valence-corrected chi connectivity index (χ3v) is 5.11. The second-order valence-electron chi connectivity index (χ2n) is 6.06. The van der Waals surface area contributed by atoms with Crippen LogP contribution in [0.1, 0.15) is 5.56 Å². The standard InChI is InChI=1S/C18H22N2O5S2/c1-19(2)7-8-25-16(21)11-20-17(22)15(27-18(20)26)10-12-5-6-13(23-3)14(9-12)24-4/h5-6,9-10H,7-8,11H2,1-4H3/p+1/b15-10-. The van der Waals surface area contributed by atoms with E-state index >= 15 is 0 Å². The number of nitrogens with one attached hydrogen (secondary N) is 1. The molecule has 1 amide bonds. The van der Waals surface area contributed by atoms with Crippen molar-refractivity contribution < 1.29 is 28.7 Å². The molecule has 1 saturated heterocycles. The minimum absolute atomic E-state index is 0.184. The summed E-state index contributed by atoms with van der Waals surface area (Å²) in [7, 11) is 7.04. The van der Waals surface area contributed by atoms with E-state index in [0.29, 0.717) is 33.9 Å². The molecule has 146 valence electrons. The van der Waals surface area contributed by atoms with Gasteiger partial charge in [0.25, 0.3) is 5.91 Å². The van der Waals surface area contributed by atoms with Gasteiger partial charge in [0.1, 0.15) is 24.0 Å². The van der Waals surface area contributed by atoms with E-state index in [1.807, 2.05) is 20.2 Å². The van der Waals surface area contributed by atoms with E-state index in [1.54, 1.807) is 32.4 Å². The normalized spacial score (nSPS) is 15.6. The van der Waals surface area contributed by atoms with Crippen LogP contribution in [0.3, 0.4) is 0 Å². The topological polar surface area (TPSA) is 69.5 Å². The molecule has 1 aromatic rings. The Kier molecular flexibility index (Phi) is 7.64. The number of nitrogens with zero attached hydrogens (tertiary/aromatic N) is 1. The fraction of sp³-hybridized carbons (Fsp3) is 0.389. The molecule has 0 aliphatic carbocycles. The van der Waals surface area contributed by atoms with Crippen molar-refractivity contribution in [1.82, 2.24) is 4.90 Å². The average Bonchev–Trinajstić information content (AvgIpc) is 2.88. The molecule has 1 fully saturated rings. The number of likely N-dealkylation sites (N-methyl/N-ethyl adjacent to an activating group) is 1. The summed E-state index contributed by atoms with van der Waals surface area (Å²) in [5, 5.41) is 0. The van der Waals surface area contributed by atoms with E-state index in [-0.39, 0.29) is 12.5 Å². The van der Waals surface area contributed by atoms with E-state index in [4.69, 9.17) is 26.4 Å². The molecule has 1 N–H and O–H groups in total. The van der Waals surface area contributed by atoms with E-state index in [0.717, 1.165) is 17.3 Å². The quantitative estimate of drug-likeness (QED) is 0.382. The van der Waals surface area contributed by atoms with E-state index in [2.05, 4.69) is 0 Å². The maximum absolute atomic E-state index is 12.6. The predicted molar refractivity (Wildman–Crippen MR) is 108 cm³/mol. The Morgan fingerprint density at radius 1 is 1.26 bits per heavy atom. The molecule has 1 heterocycles. The largest absolute Gasteiger partial charge is 0.493 e. The van der Waals surface area contributed by atoms with Crippen LogP contribution in [0.25, 0.3) is 6.08 Å². The van der Waals surface area contributed by atoms with Gasteiger partial charge in [-0.25, -0.2) is 0 Å². The number of ether oxygens (including phenoxy) is 3. The highest BCUT2D eigenvalue weighted by atomic mass is 32.2. The van der Waals surface area contributed by atoms with Gasteiger partial charge in [0, 0.05) is 0 Å². The summed E-state index contributed by atoms with van der Waals surface area (Å²) in [5.41, 5.74) is 0.768. The lowest BCUT2D eigenvalue weighted by Gasteiger charge is -2.14. The first-order chi connectivity index (χ1) is 12.8. The van der Waals surface area contributed by atoms with Gasteiger partial charge in [-0.15, -0.1) is 0 Å². The first kappa shape index (κ1) is 21.2. The van der Waals surface area contributed by atoms with Crippen molar-refractivity contribution in [3.63, 3.8) is 0 Å². The molecule has 0 saturated carbocycles. The summed E-state index contributed by atoms with van der Waals surface area (Å²) in [6.45, 7) is 0.817. The summed E-state index contributed by atoms with van der Waals surface area (Å²) in [5.74, 6) is 0.382. The minimum atomic E-state index is -0.472. The van der Waals surface area contributed by atoms with Gasteiger partial charge in [0.2, 0.25) is 0 Å². The van der Waals surface area contributed by atoms with Crippen LogP contribution in [-0.2, 0) is 14.3 Å². The molecule has 0 atom stereocenters. The first-order valence-corrected chi connectivity index (χ1v) is 9.50. The van der Waals surface area contributed by atoms with Crippen LogP contribution in [0.15, 0.2) is 23.1 Å². The number of benzene rings is 1. The number of thioether (sulfide) groups is 1. The average molecular weight is 412 g/mol. The van der Waals surface area contributed by atoms with Crippen LogP contribution in [0.2, 0.25) is 0 Å². The molecule has 1 aromatic carbocycles. The smallest absolute Gasteiger partial charge is 0.326 e. The first-order valence-electron chi connectivity index (χ1n) is 8.27. The SMILES string of the molecule is COc1ccc(/C=C2\SC(=S)N(CC(=O)OCC[NH+](C)C)C2=O)cc1OC. The van der Waals surface area contributed by atoms with Crippen LogP contribution >= 0.6 is 24.0 Å². The molecule has 1 aliphatic rings. The number of carbonyl (C=O) groups excluding carboxylic acids is 2. The zero-order chi connectivity index (χ0) is 20.0. The van der Waals surface area contributed by atoms with Crippen molar-refractivity contribution in [2.45, 2.75) is 0 Å². The Morgan fingerprint density at radius 2 is 1.96 bits per heavy atom. The fourth-order valence-electron chi connectivity index (χ4n) is 2.27. The second-order valence-corrected chi connectivity index (χ2v) is 7.74. The van der Waals surface area contributed by atoms with Crippen molar-refractivity contribution in [1.29, 1.82) is 0 Å². The lowest BCUT2D eigenvalue weighted by atomic mass is 10.2. The number of quaternary nitrogens is 1. The van der Waals surface area contributed by atoms with Crippen molar-refractivity contribution >= 4 is 46.3 Å². The van der Waals surface area contributed by atoms with Crippen LogP contribution in [0, 0.1) is 0 Å². The number of thiocarbonyl (C=S) groups is 1. The minimum Gasteiger partial charge on any atom is -0.493 e. The molecule has 0 radical (unpaired) electrons. The maximum atomic E-state index is 12.6. The van der Waals surface area contributed by atoms with E-state index < -0.39 is 5.97 Å². The van der Waals surface area contributed by atoms with Gasteiger partial charge < -0.3 is 19.1 Å². The van der Waals surface area contributed by atoms with Crippen molar-refractivity contribution in [3.05, 3.63) is 28.7 Å². The Morgan fingerprint density at radius 3 is 2.59 bits per heavy atom. The summed E-state index contributed by atoms with van der Waals surface area (Å²) in [6, 6.07) is 5.34. The van der Waals surface area contributed by atoms with Crippen molar-refractivity contribution in [2.24, 2.45) is 0 Å². The number of rotatable bonds is 8. The van der Waals surface area contributed by atoms with Gasteiger partial charge in [0.15, 0.2) is 11.5 Å². The highest BCUT2D eigenvalue weighted by Crippen LogP contribution is 2.34. The number of esters is 1. The molecule has 0 aromatic heterocycles. The number of amides is 1. The predicted octanol–water partition coefficient (Wildman–Crippen LogP) is 0.593. The molecule has 9 heteroatoms. The number of hydrogen-bond acceptors (Lipinski definition) is 7. The molecule has 7 nitrogen and oxygen atoms in total. The van der Waals surface area contributed by atoms with Crippen LogP contribution in [0.4, 0.5) is 0 Å². The summed E-state index contributed by atoms with van der Waals surface area (Å²) >= 11 is 6.40. The van der Waals surface area contributed by atoms with Gasteiger partial charge >= 0.3 is 5.97 Å². The molecular formula is C18H23N2O5S2+. The summed E-state index contributed by atoms with van der Waals surface area (Å²) < 4.78 is 16.0. The van der Waals surface area contributed by atoms with Crippen LogP contribution < -0.4 is 14.4 Å². The molecule has 2 rings (SSSR count). The zero-order valence-electron chi connectivity index (χ0n) is 15.7. The zero-order valence-corrected chi connectivity index (χ0v) is 17.4. The fourth-order valence-corrected chi connectivity index (χ4v) is 3.53. The molecule has 0 unspecified atom stereocenters. The number of hydrogen-bond donors (Lipinski definition) is 1. The van der Waals surface area contributed by atoms with Crippen LogP contribution in [-0.4, -0.2) is 69.1 Å². The van der Waals surface area contributed by atoms with Gasteiger partial charge in [-0.2, -0.15) is 0 Å². The third kappa shape index (κ3) is 5.69. The Bertz CT molecular complexity index is 764. The van der Waals surface area contributed by atoms with Gasteiger partial charge in [0.05, 0.1) is 33.2 Å². The maximum Gasteiger partial charge on any atom is 0.326 e. The van der Waals surface area contributed by atoms with E-state index in [1.165, 1.54) is 9.80 Å². The lowest BCUT2D eigenvalue weighted by molar-refractivity contribution is -0.858. The van der Waals surface area contributed by atoms with Gasteiger partial charge in [-0.05, 0) is 23.8 Å². The molecule has 27 heavy (non-hydrogen) atoms. The highest BCUT2D eigenvalue weighted by Gasteiger charge is 2.33. The highest BCUT2D eigenvalue weighted by molar-refractivity contribution is 8.26.